The highest BCUT2D eigenvalue weighted by molar-refractivity contribution is 5.23. The van der Waals surface area contributed by atoms with Crippen molar-refractivity contribution in [3.8, 4) is 0 Å². The fraction of sp³-hybridized carbons (Fsp3) is 0.556. The van der Waals surface area contributed by atoms with Crippen LogP contribution >= 0.6 is 0 Å². The van der Waals surface area contributed by atoms with Crippen molar-refractivity contribution in [2.24, 2.45) is 0 Å². The van der Waals surface area contributed by atoms with Crippen molar-refractivity contribution in [1.29, 1.82) is 0 Å². The van der Waals surface area contributed by atoms with Crippen LogP contribution in [0.4, 0.5) is 5.82 Å². The standard InChI is InChI=1S/C9H13N3O5/c10-5-1-2-12(9(16)11-5)8-7(15)6(14)4(3-13)17-8/h1-2,4,6-8,13-15H,3H2,(H2,10,11,16)/t4-,6-,7-,8-/m1/s1/i1D,3+1,4+1,6+1,7+1,8+1,10+1. The molecule has 1 aromatic rings. The molecule has 1 fully saturated rings. The molecule has 2 heterocycles. The first-order chi connectivity index (χ1) is 8.45. The number of hydrogen-bond acceptors (Lipinski definition) is 7. The van der Waals surface area contributed by atoms with Gasteiger partial charge in [-0.15, -0.1) is 0 Å². The first-order valence-corrected chi connectivity index (χ1v) is 4.93. The van der Waals surface area contributed by atoms with Gasteiger partial charge in [-0.2, -0.15) is 4.98 Å². The number of aliphatic hydroxyl groups is 3. The lowest BCUT2D eigenvalue weighted by Crippen LogP contribution is -2.36. The van der Waals surface area contributed by atoms with Crippen LogP contribution in [0.25, 0.3) is 0 Å². The van der Waals surface area contributed by atoms with E-state index in [0.29, 0.717) is 0 Å². The largest absolute Gasteiger partial charge is 0.394 e. The monoisotopic (exact) mass is 250 g/mol. The van der Waals surface area contributed by atoms with Crippen LogP contribution < -0.4 is 11.4 Å². The van der Waals surface area contributed by atoms with Crippen LogP contribution in [-0.4, -0.2) is 49.8 Å². The normalized spacial score (nSPS) is 33.7. The fourth-order valence-corrected chi connectivity index (χ4v) is 1.68. The average molecular weight is 250 g/mol. The summed E-state index contributed by atoms with van der Waals surface area (Å²) in [7, 11) is 0. The molecular formula is C9H13N3O5. The molecule has 94 valence electrons. The Morgan fingerprint density at radius 2 is 2.29 bits per heavy atom. The zero-order valence-electron chi connectivity index (χ0n) is 9.72. The van der Waals surface area contributed by atoms with Gasteiger partial charge in [0.25, 0.3) is 0 Å². The molecule has 17 heavy (non-hydrogen) atoms. The number of nitrogens with zero attached hydrogens (tertiary/aromatic N) is 2. The van der Waals surface area contributed by atoms with E-state index in [1.807, 2.05) is 0 Å². The maximum absolute atomic E-state index is 11.6. The minimum Gasteiger partial charge on any atom is -0.394 e. The summed E-state index contributed by atoms with van der Waals surface area (Å²) in [6, 6.07) is -0.202. The third-order valence-electron chi connectivity index (χ3n) is 2.58. The Hall–Kier alpha value is -1.48. The maximum Gasteiger partial charge on any atom is 0.351 e. The van der Waals surface area contributed by atoms with Crippen LogP contribution in [0.1, 0.15) is 7.60 Å². The van der Waals surface area contributed by atoms with E-state index in [0.717, 1.165) is 10.8 Å². The lowest BCUT2D eigenvalue weighted by atomic mass is 10.6. The first kappa shape index (κ1) is 10.7. The zero-order chi connectivity index (χ0) is 13.4. The van der Waals surface area contributed by atoms with Crippen molar-refractivity contribution in [1.82, 2.24) is 9.55 Å². The molecule has 1 aliphatic heterocycles. The lowest BCUT2D eigenvalue weighted by Gasteiger charge is -2.16. The first-order valence-electron chi connectivity index (χ1n) is 5.43. The Bertz CT molecular complexity index is 507. The van der Waals surface area contributed by atoms with Gasteiger partial charge in [-0.1, -0.05) is 0 Å². The molecular weight excluding hydrogens is 236 g/mol. The Morgan fingerprint density at radius 3 is 2.88 bits per heavy atom. The molecule has 5 N–H and O–H groups in total. The third kappa shape index (κ3) is 2.03. The van der Waals surface area contributed by atoms with Gasteiger partial charge >= 0.3 is 5.69 Å². The molecule has 0 spiro atoms. The zero-order valence-corrected chi connectivity index (χ0v) is 8.72. The van der Waals surface area contributed by atoms with Crippen molar-refractivity contribution >= 4 is 5.82 Å². The fourth-order valence-electron chi connectivity index (χ4n) is 1.68. The predicted octanol–water partition coefficient (Wildman–Crippen LogP) is -2.56. The minimum absolute atomic E-state index is 0.202. The molecule has 1 aliphatic rings. The van der Waals surface area contributed by atoms with Crippen LogP contribution in [0.2, 0.25) is 0 Å². The Balaban J connectivity index is 2.39. The van der Waals surface area contributed by atoms with E-state index in [4.69, 9.17) is 16.9 Å². The van der Waals surface area contributed by atoms with Crippen LogP contribution in [0.3, 0.4) is 0 Å². The van der Waals surface area contributed by atoms with Crippen LogP contribution in [-0.2, 0) is 4.74 Å². The van der Waals surface area contributed by atoms with Crippen molar-refractivity contribution < 1.29 is 21.4 Å². The van der Waals surface area contributed by atoms with Gasteiger partial charge in [0.05, 0.1) is 7.98 Å². The second kappa shape index (κ2) is 4.41. The van der Waals surface area contributed by atoms with Crippen molar-refractivity contribution in [2.45, 2.75) is 24.5 Å². The number of rotatable bonds is 2. The predicted molar refractivity (Wildman–Crippen MR) is 55.9 cm³/mol. The van der Waals surface area contributed by atoms with Gasteiger partial charge in [-0.3, -0.25) is 4.57 Å². The summed E-state index contributed by atoms with van der Waals surface area (Å²) < 4.78 is 13.4. The SMILES string of the molecule is [2H]c1cn([13C@@H]2O[13C@H]([13CH2]O)[13C@@H](O)[13C@H]2O)c(=O)nc1[15NH2]. The summed E-state index contributed by atoms with van der Waals surface area (Å²) >= 11 is 0. The summed E-state index contributed by atoms with van der Waals surface area (Å²) in [5, 5.41) is 28.2. The van der Waals surface area contributed by atoms with Crippen LogP contribution in [0.15, 0.2) is 17.0 Å². The number of nitrogen functional groups attached to an aromatic ring is 1. The Kier molecular flexibility index (Phi) is 2.77. The van der Waals surface area contributed by atoms with Crippen molar-refractivity contribution in [3.05, 3.63) is 22.7 Å². The number of anilines is 1. The van der Waals surface area contributed by atoms with Gasteiger partial charge in [0.2, 0.25) is 0 Å². The lowest BCUT2D eigenvalue weighted by molar-refractivity contribution is -0.0549. The molecule has 0 aliphatic carbocycles. The van der Waals surface area contributed by atoms with E-state index in [1.54, 1.807) is 0 Å². The van der Waals surface area contributed by atoms with E-state index >= 15 is 0 Å². The van der Waals surface area contributed by atoms with E-state index in [-0.39, 0.29) is 11.9 Å². The second-order valence-corrected chi connectivity index (χ2v) is 3.69. The van der Waals surface area contributed by atoms with Gasteiger partial charge in [0, 0.05) is 6.20 Å². The molecule has 0 amide bonds. The van der Waals surface area contributed by atoms with Gasteiger partial charge in [0.1, 0.15) is 24.1 Å². The molecule has 4 atom stereocenters. The number of aromatic nitrogens is 2. The molecule has 0 unspecified atom stereocenters. The second-order valence-electron chi connectivity index (χ2n) is 3.69. The van der Waals surface area contributed by atoms with Gasteiger partial charge in [-0.25, -0.2) is 4.79 Å². The minimum atomic E-state index is -1.40. The average Bonchev–Trinajstić information content (AvgIpc) is 2.61. The van der Waals surface area contributed by atoms with E-state index in [9.17, 15) is 15.0 Å². The van der Waals surface area contributed by atoms with E-state index in [2.05, 4.69) is 4.98 Å². The summed E-state index contributed by atoms with van der Waals surface area (Å²) in [5.74, 6) is -0.233. The Morgan fingerprint density at radius 1 is 1.59 bits per heavy atom. The Labute approximate surface area is 97.3 Å². The summed E-state index contributed by atoms with van der Waals surface area (Å²) in [6.45, 7) is -0.500. The summed E-state index contributed by atoms with van der Waals surface area (Å²) in [5.41, 5.74) is 4.49. The molecule has 2 rings (SSSR count). The van der Waals surface area contributed by atoms with E-state index in [1.165, 1.54) is 0 Å². The maximum atomic E-state index is 11.6. The molecule has 8 heteroatoms. The van der Waals surface area contributed by atoms with Crippen LogP contribution in [0, 0.1) is 0 Å². The van der Waals surface area contributed by atoms with Gasteiger partial charge in [0.15, 0.2) is 6.23 Å². The molecule has 0 aromatic carbocycles. The number of aliphatic hydroxyl groups excluding tert-OH is 3. The van der Waals surface area contributed by atoms with E-state index < -0.39 is 36.8 Å². The number of nitrogens with two attached hydrogens (primary N) is 1. The van der Waals surface area contributed by atoms with Gasteiger partial charge < -0.3 is 25.8 Å². The third-order valence-corrected chi connectivity index (χ3v) is 2.58. The summed E-state index contributed by atoms with van der Waals surface area (Å²) in [6.07, 6.45) is -3.86. The topological polar surface area (TPSA) is 131 Å². The quantitative estimate of drug-likeness (QED) is 0.335. The highest BCUT2D eigenvalue weighted by atomic mass is 16.8. The molecule has 1 saturated heterocycles. The van der Waals surface area contributed by atoms with Gasteiger partial charge in [-0.05, 0) is 6.04 Å². The van der Waals surface area contributed by atoms with Crippen molar-refractivity contribution in [2.75, 3.05) is 12.3 Å². The number of ether oxygens (including phenoxy) is 1. The highest BCUT2D eigenvalue weighted by Gasteiger charge is 2.43. The molecule has 8 nitrogen and oxygen atoms in total. The van der Waals surface area contributed by atoms with Crippen LogP contribution in [0.5, 0.6) is 0 Å². The molecule has 0 saturated carbocycles. The smallest absolute Gasteiger partial charge is 0.351 e. The highest BCUT2D eigenvalue weighted by Crippen LogP contribution is 2.27. The molecule has 0 bridgehead atoms. The number of hydrogen-bond donors (Lipinski definition) is 4. The van der Waals surface area contributed by atoms with Crippen molar-refractivity contribution in [3.63, 3.8) is 0 Å². The summed E-state index contributed by atoms with van der Waals surface area (Å²) in [4.78, 5) is 15.0. The molecule has 1 aromatic heterocycles. The molecule has 0 radical (unpaired) electrons.